The van der Waals surface area contributed by atoms with Crippen molar-refractivity contribution in [2.75, 3.05) is 5.73 Å². The molecule has 0 amide bonds. The van der Waals surface area contributed by atoms with Gasteiger partial charge in [-0.2, -0.15) is 0 Å². The van der Waals surface area contributed by atoms with Crippen molar-refractivity contribution >= 4 is 5.69 Å². The third-order valence-electron chi connectivity index (χ3n) is 2.81. The first-order chi connectivity index (χ1) is 7.36. The number of anilines is 1. The highest BCUT2D eigenvalue weighted by Crippen LogP contribution is 2.40. The summed E-state index contributed by atoms with van der Waals surface area (Å²) in [6.07, 6.45) is 6.34. The zero-order valence-corrected chi connectivity index (χ0v) is 8.43. The van der Waals surface area contributed by atoms with Gasteiger partial charge in [0, 0.05) is 18.3 Å². The van der Waals surface area contributed by atoms with E-state index in [-0.39, 0.29) is 0 Å². The van der Waals surface area contributed by atoms with Gasteiger partial charge in [-0.05, 0) is 25.0 Å². The molecule has 3 rings (SSSR count). The molecule has 0 unspecified atom stereocenters. The van der Waals surface area contributed by atoms with Gasteiger partial charge >= 0.3 is 0 Å². The molecule has 2 N–H and O–H groups in total. The van der Waals surface area contributed by atoms with E-state index in [9.17, 15) is 0 Å². The van der Waals surface area contributed by atoms with E-state index in [0.717, 1.165) is 17.2 Å². The van der Waals surface area contributed by atoms with Crippen molar-refractivity contribution in [2.24, 2.45) is 0 Å². The molecule has 15 heavy (non-hydrogen) atoms. The van der Waals surface area contributed by atoms with E-state index in [1.165, 1.54) is 12.8 Å². The van der Waals surface area contributed by atoms with E-state index in [1.807, 2.05) is 36.7 Å². The second kappa shape index (κ2) is 3.12. The lowest BCUT2D eigenvalue weighted by Crippen LogP contribution is -2.02. The van der Waals surface area contributed by atoms with Crippen molar-refractivity contribution < 1.29 is 0 Å². The molecule has 1 heterocycles. The van der Waals surface area contributed by atoms with Crippen LogP contribution in [0.5, 0.6) is 0 Å². The Balaban J connectivity index is 2.12. The molecule has 1 saturated carbocycles. The van der Waals surface area contributed by atoms with Gasteiger partial charge in [0.05, 0.1) is 11.4 Å². The van der Waals surface area contributed by atoms with E-state index in [4.69, 9.17) is 5.73 Å². The molecular weight excluding hydrogens is 186 g/mol. The predicted octanol–water partition coefficient (Wildman–Crippen LogP) is 2.33. The molecule has 0 spiro atoms. The minimum absolute atomic E-state index is 0.639. The maximum absolute atomic E-state index is 5.95. The lowest BCUT2D eigenvalue weighted by atomic mass is 10.2. The topological polar surface area (TPSA) is 43.8 Å². The number of rotatable bonds is 2. The molecule has 76 valence electrons. The highest BCUT2D eigenvalue weighted by Gasteiger charge is 2.28. The summed E-state index contributed by atoms with van der Waals surface area (Å²) >= 11 is 0. The standard InChI is InChI=1S/C12H13N3/c13-10-3-1-2-4-11(10)15-8-7-14-12(15)9-5-6-9/h1-4,7-9H,5-6,13H2. The Morgan fingerprint density at radius 2 is 2.07 bits per heavy atom. The number of aromatic nitrogens is 2. The van der Waals surface area contributed by atoms with Crippen LogP contribution in [0.15, 0.2) is 36.7 Å². The van der Waals surface area contributed by atoms with Crippen molar-refractivity contribution in [3.8, 4) is 5.69 Å². The lowest BCUT2D eigenvalue weighted by molar-refractivity contribution is 0.881. The van der Waals surface area contributed by atoms with Gasteiger partial charge in [0.1, 0.15) is 5.82 Å². The van der Waals surface area contributed by atoms with E-state index < -0.39 is 0 Å². The normalized spacial score (nSPS) is 15.5. The van der Waals surface area contributed by atoms with Gasteiger partial charge < -0.3 is 10.3 Å². The summed E-state index contributed by atoms with van der Waals surface area (Å²) in [6, 6.07) is 7.91. The number of hydrogen-bond acceptors (Lipinski definition) is 2. The van der Waals surface area contributed by atoms with Crippen LogP contribution in [0.1, 0.15) is 24.6 Å². The molecule has 0 aliphatic heterocycles. The monoisotopic (exact) mass is 199 g/mol. The summed E-state index contributed by atoms with van der Waals surface area (Å²) in [5.74, 6) is 1.78. The average Bonchev–Trinajstić information content (AvgIpc) is 2.98. The molecule has 1 aromatic heterocycles. The van der Waals surface area contributed by atoms with Crippen LogP contribution in [0, 0.1) is 0 Å². The van der Waals surface area contributed by atoms with Gasteiger partial charge in [0.25, 0.3) is 0 Å². The van der Waals surface area contributed by atoms with E-state index in [0.29, 0.717) is 5.92 Å². The summed E-state index contributed by atoms with van der Waals surface area (Å²) in [6.45, 7) is 0. The first-order valence-corrected chi connectivity index (χ1v) is 5.24. The van der Waals surface area contributed by atoms with Crippen LogP contribution in [0.4, 0.5) is 5.69 Å². The maximum atomic E-state index is 5.95. The Bertz CT molecular complexity index is 483. The minimum Gasteiger partial charge on any atom is -0.397 e. The van der Waals surface area contributed by atoms with Crippen LogP contribution in [0.25, 0.3) is 5.69 Å². The SMILES string of the molecule is Nc1ccccc1-n1ccnc1C1CC1. The van der Waals surface area contributed by atoms with Crippen molar-refractivity contribution in [3.05, 3.63) is 42.5 Å². The lowest BCUT2D eigenvalue weighted by Gasteiger charge is -2.09. The van der Waals surface area contributed by atoms with E-state index in [1.54, 1.807) is 0 Å². The second-order valence-electron chi connectivity index (χ2n) is 3.99. The fourth-order valence-corrected chi connectivity index (χ4v) is 1.87. The van der Waals surface area contributed by atoms with Crippen LogP contribution in [-0.2, 0) is 0 Å². The minimum atomic E-state index is 0.639. The number of imidazole rings is 1. The molecule has 1 fully saturated rings. The average molecular weight is 199 g/mol. The smallest absolute Gasteiger partial charge is 0.116 e. The van der Waals surface area contributed by atoms with Crippen LogP contribution in [0.2, 0.25) is 0 Å². The highest BCUT2D eigenvalue weighted by atomic mass is 15.1. The summed E-state index contributed by atoms with van der Waals surface area (Å²) in [5, 5.41) is 0. The van der Waals surface area contributed by atoms with Gasteiger partial charge in [-0.1, -0.05) is 12.1 Å². The Labute approximate surface area is 88.6 Å². The fourth-order valence-electron chi connectivity index (χ4n) is 1.87. The Morgan fingerprint density at radius 3 is 2.80 bits per heavy atom. The summed E-state index contributed by atoms with van der Waals surface area (Å²) in [4.78, 5) is 4.40. The van der Waals surface area contributed by atoms with Crippen molar-refractivity contribution in [1.29, 1.82) is 0 Å². The summed E-state index contributed by atoms with van der Waals surface area (Å²) < 4.78 is 2.10. The number of nitrogen functional groups attached to an aromatic ring is 1. The van der Waals surface area contributed by atoms with Crippen LogP contribution in [-0.4, -0.2) is 9.55 Å². The molecule has 3 nitrogen and oxygen atoms in total. The molecular formula is C12H13N3. The summed E-state index contributed by atoms with van der Waals surface area (Å²) in [7, 11) is 0. The fraction of sp³-hybridized carbons (Fsp3) is 0.250. The molecule has 0 radical (unpaired) electrons. The molecule has 3 heteroatoms. The Kier molecular flexibility index (Phi) is 1.78. The molecule has 1 aromatic carbocycles. The van der Waals surface area contributed by atoms with E-state index in [2.05, 4.69) is 9.55 Å². The number of para-hydroxylation sites is 2. The highest BCUT2D eigenvalue weighted by molar-refractivity contribution is 5.58. The largest absolute Gasteiger partial charge is 0.397 e. The first kappa shape index (κ1) is 8.53. The quantitative estimate of drug-likeness (QED) is 0.754. The van der Waals surface area contributed by atoms with Crippen molar-refractivity contribution in [1.82, 2.24) is 9.55 Å². The number of hydrogen-bond donors (Lipinski definition) is 1. The van der Waals surface area contributed by atoms with Crippen molar-refractivity contribution in [3.63, 3.8) is 0 Å². The number of nitrogens with two attached hydrogens (primary N) is 1. The molecule has 1 aliphatic carbocycles. The van der Waals surface area contributed by atoms with Gasteiger partial charge in [-0.3, -0.25) is 0 Å². The molecule has 0 saturated heterocycles. The molecule has 0 bridgehead atoms. The zero-order valence-electron chi connectivity index (χ0n) is 8.43. The Hall–Kier alpha value is -1.77. The number of nitrogens with zero attached hydrogens (tertiary/aromatic N) is 2. The van der Waals surface area contributed by atoms with Gasteiger partial charge in [-0.25, -0.2) is 4.98 Å². The molecule has 2 aromatic rings. The maximum Gasteiger partial charge on any atom is 0.116 e. The first-order valence-electron chi connectivity index (χ1n) is 5.24. The summed E-state index contributed by atoms with van der Waals surface area (Å²) in [5.41, 5.74) is 7.79. The van der Waals surface area contributed by atoms with Gasteiger partial charge in [-0.15, -0.1) is 0 Å². The van der Waals surface area contributed by atoms with Gasteiger partial charge in [0.15, 0.2) is 0 Å². The van der Waals surface area contributed by atoms with Crippen LogP contribution < -0.4 is 5.73 Å². The Morgan fingerprint density at radius 1 is 1.27 bits per heavy atom. The zero-order chi connectivity index (χ0) is 10.3. The van der Waals surface area contributed by atoms with Crippen molar-refractivity contribution in [2.45, 2.75) is 18.8 Å². The second-order valence-corrected chi connectivity index (χ2v) is 3.99. The van der Waals surface area contributed by atoms with Crippen LogP contribution >= 0.6 is 0 Å². The van der Waals surface area contributed by atoms with E-state index >= 15 is 0 Å². The third-order valence-corrected chi connectivity index (χ3v) is 2.81. The molecule has 0 atom stereocenters. The van der Waals surface area contributed by atoms with Crippen LogP contribution in [0.3, 0.4) is 0 Å². The third kappa shape index (κ3) is 1.40. The number of benzene rings is 1. The predicted molar refractivity (Wildman–Crippen MR) is 60.0 cm³/mol. The molecule has 1 aliphatic rings. The van der Waals surface area contributed by atoms with Gasteiger partial charge in [0.2, 0.25) is 0 Å².